The summed E-state index contributed by atoms with van der Waals surface area (Å²) in [6.45, 7) is 3.75. The number of hydrogen-bond acceptors (Lipinski definition) is 4. The average molecular weight is 336 g/mol. The highest BCUT2D eigenvalue weighted by Crippen LogP contribution is 2.12. The van der Waals surface area contributed by atoms with Gasteiger partial charge in [0.2, 0.25) is 11.8 Å². The summed E-state index contributed by atoms with van der Waals surface area (Å²) in [4.78, 5) is 25.0. The van der Waals surface area contributed by atoms with Crippen LogP contribution in [0.2, 0.25) is 0 Å². The molecule has 2 amide bonds. The van der Waals surface area contributed by atoms with E-state index in [2.05, 4.69) is 17.4 Å². The first-order valence-electron chi connectivity index (χ1n) is 7.90. The van der Waals surface area contributed by atoms with Gasteiger partial charge in [-0.25, -0.2) is 0 Å². The minimum Gasteiger partial charge on any atom is -0.373 e. The minimum atomic E-state index is -0.103. The summed E-state index contributed by atoms with van der Waals surface area (Å²) in [7, 11) is 0. The molecule has 0 aliphatic carbocycles. The van der Waals surface area contributed by atoms with Crippen molar-refractivity contribution in [2.45, 2.75) is 25.2 Å². The monoisotopic (exact) mass is 336 g/mol. The second-order valence-electron chi connectivity index (χ2n) is 5.55. The molecule has 1 heterocycles. The Morgan fingerprint density at radius 1 is 1.35 bits per heavy atom. The van der Waals surface area contributed by atoms with Crippen molar-refractivity contribution in [2.75, 3.05) is 32.0 Å². The summed E-state index contributed by atoms with van der Waals surface area (Å²) in [6.07, 6.45) is 0.397. The molecule has 5 nitrogen and oxygen atoms in total. The van der Waals surface area contributed by atoms with Crippen LogP contribution in [0.3, 0.4) is 0 Å². The second kappa shape index (κ2) is 9.57. The number of carbonyl (C=O) groups excluding carboxylic acids is 2. The van der Waals surface area contributed by atoms with E-state index in [9.17, 15) is 9.59 Å². The predicted octanol–water partition coefficient (Wildman–Crippen LogP) is 1.67. The highest BCUT2D eigenvalue weighted by molar-refractivity contribution is 7.98. The van der Waals surface area contributed by atoms with Gasteiger partial charge in [0.25, 0.3) is 0 Å². The minimum absolute atomic E-state index is 0.0362. The topological polar surface area (TPSA) is 58.6 Å². The molecule has 0 saturated carbocycles. The van der Waals surface area contributed by atoms with Gasteiger partial charge >= 0.3 is 0 Å². The van der Waals surface area contributed by atoms with Crippen molar-refractivity contribution in [3.8, 4) is 0 Å². The van der Waals surface area contributed by atoms with E-state index in [1.165, 1.54) is 5.56 Å². The number of amides is 2. The molecule has 1 fully saturated rings. The van der Waals surface area contributed by atoms with Gasteiger partial charge in [0.05, 0.1) is 12.7 Å². The molecule has 23 heavy (non-hydrogen) atoms. The number of benzene rings is 1. The van der Waals surface area contributed by atoms with E-state index in [4.69, 9.17) is 4.74 Å². The number of carbonyl (C=O) groups is 2. The number of morpholine rings is 1. The van der Waals surface area contributed by atoms with E-state index in [1.807, 2.05) is 18.2 Å². The van der Waals surface area contributed by atoms with Gasteiger partial charge in [0, 0.05) is 44.5 Å². The zero-order valence-corrected chi connectivity index (χ0v) is 14.3. The van der Waals surface area contributed by atoms with Crippen LogP contribution >= 0.6 is 11.8 Å². The second-order valence-corrected chi connectivity index (χ2v) is 6.66. The molecule has 1 N–H and O–H groups in total. The van der Waals surface area contributed by atoms with Crippen molar-refractivity contribution >= 4 is 23.6 Å². The number of nitrogens with zero attached hydrogens (tertiary/aromatic N) is 1. The number of nitrogens with one attached hydrogen (secondary N) is 1. The Kier molecular flexibility index (Phi) is 7.42. The summed E-state index contributed by atoms with van der Waals surface area (Å²) < 4.78 is 5.58. The third-order valence-corrected chi connectivity index (χ3v) is 4.73. The lowest BCUT2D eigenvalue weighted by Gasteiger charge is -2.32. The lowest BCUT2D eigenvalue weighted by molar-refractivity contribution is -0.136. The van der Waals surface area contributed by atoms with Crippen molar-refractivity contribution in [1.29, 1.82) is 0 Å². The molecule has 6 heteroatoms. The number of ether oxygens (including phenoxy) is 1. The molecule has 0 radical (unpaired) electrons. The molecule has 1 atom stereocenters. The van der Waals surface area contributed by atoms with E-state index < -0.39 is 0 Å². The zero-order valence-electron chi connectivity index (χ0n) is 13.5. The van der Waals surface area contributed by atoms with E-state index in [-0.39, 0.29) is 17.9 Å². The first-order valence-corrected chi connectivity index (χ1v) is 9.06. The van der Waals surface area contributed by atoms with Crippen molar-refractivity contribution < 1.29 is 14.3 Å². The molecule has 1 aliphatic heterocycles. The standard InChI is InChI=1S/C17H24N2O3S/c1-14(20)19-8-9-22-16(12-19)11-18-17(21)7-10-23-13-15-5-3-2-4-6-15/h2-6,16H,7-13H2,1H3,(H,18,21). The molecule has 1 aromatic carbocycles. The lowest BCUT2D eigenvalue weighted by Crippen LogP contribution is -2.49. The molecule has 0 bridgehead atoms. The maximum atomic E-state index is 11.9. The quantitative estimate of drug-likeness (QED) is 0.770. The molecular formula is C17H24N2O3S. The first kappa shape index (κ1) is 17.8. The van der Waals surface area contributed by atoms with Crippen LogP contribution in [0.4, 0.5) is 0 Å². The van der Waals surface area contributed by atoms with Gasteiger partial charge in [-0.1, -0.05) is 30.3 Å². The predicted molar refractivity (Wildman–Crippen MR) is 92.2 cm³/mol. The summed E-state index contributed by atoms with van der Waals surface area (Å²) in [5.41, 5.74) is 1.28. The third kappa shape index (κ3) is 6.62. The van der Waals surface area contributed by atoms with Crippen molar-refractivity contribution in [1.82, 2.24) is 10.2 Å². The van der Waals surface area contributed by atoms with Crippen LogP contribution in [0, 0.1) is 0 Å². The highest BCUT2D eigenvalue weighted by Gasteiger charge is 2.22. The van der Waals surface area contributed by atoms with Gasteiger partial charge in [-0.05, 0) is 5.56 Å². The Morgan fingerprint density at radius 3 is 2.87 bits per heavy atom. The summed E-state index contributed by atoms with van der Waals surface area (Å²) in [5.74, 6) is 1.82. The van der Waals surface area contributed by atoms with Crippen LogP contribution in [0.25, 0.3) is 0 Å². The largest absolute Gasteiger partial charge is 0.373 e. The Balaban J connectivity index is 1.57. The normalized spacial score (nSPS) is 17.8. The summed E-state index contributed by atoms with van der Waals surface area (Å²) >= 11 is 1.76. The van der Waals surface area contributed by atoms with Crippen LogP contribution in [-0.4, -0.2) is 54.8 Å². The maximum absolute atomic E-state index is 11.9. The number of thioether (sulfide) groups is 1. The van der Waals surface area contributed by atoms with E-state index in [0.29, 0.717) is 32.7 Å². The molecule has 1 aromatic rings. The molecule has 1 aliphatic rings. The van der Waals surface area contributed by atoms with Crippen molar-refractivity contribution in [3.63, 3.8) is 0 Å². The Hall–Kier alpha value is -1.53. The first-order chi connectivity index (χ1) is 11.1. The highest BCUT2D eigenvalue weighted by atomic mass is 32.2. The van der Waals surface area contributed by atoms with Crippen LogP contribution in [0.5, 0.6) is 0 Å². The fourth-order valence-electron chi connectivity index (χ4n) is 2.37. The van der Waals surface area contributed by atoms with Gasteiger partial charge < -0.3 is 15.0 Å². The average Bonchev–Trinajstić information content (AvgIpc) is 2.58. The van der Waals surface area contributed by atoms with Crippen LogP contribution in [0.15, 0.2) is 30.3 Å². The Bertz CT molecular complexity index is 510. The van der Waals surface area contributed by atoms with Gasteiger partial charge in [-0.3, -0.25) is 9.59 Å². The smallest absolute Gasteiger partial charge is 0.220 e. The van der Waals surface area contributed by atoms with Crippen LogP contribution in [-0.2, 0) is 20.1 Å². The van der Waals surface area contributed by atoms with Crippen molar-refractivity contribution in [3.05, 3.63) is 35.9 Å². The fourth-order valence-corrected chi connectivity index (χ4v) is 3.28. The SMILES string of the molecule is CC(=O)N1CCOC(CNC(=O)CCSCc2ccccc2)C1. The molecule has 126 valence electrons. The Labute approximate surface area is 141 Å². The van der Waals surface area contributed by atoms with Crippen LogP contribution < -0.4 is 5.32 Å². The molecule has 1 saturated heterocycles. The van der Waals surface area contributed by atoms with Gasteiger partial charge in [0.1, 0.15) is 0 Å². The summed E-state index contributed by atoms with van der Waals surface area (Å²) in [6, 6.07) is 10.2. The molecule has 1 unspecified atom stereocenters. The fraction of sp³-hybridized carbons (Fsp3) is 0.529. The van der Waals surface area contributed by atoms with E-state index in [0.717, 1.165) is 11.5 Å². The molecular weight excluding hydrogens is 312 g/mol. The van der Waals surface area contributed by atoms with Gasteiger partial charge in [-0.2, -0.15) is 11.8 Å². The summed E-state index contributed by atoms with van der Waals surface area (Å²) in [5, 5.41) is 2.90. The molecule has 0 aromatic heterocycles. The third-order valence-electron chi connectivity index (χ3n) is 3.70. The van der Waals surface area contributed by atoms with Crippen LogP contribution in [0.1, 0.15) is 18.9 Å². The zero-order chi connectivity index (χ0) is 16.5. The Morgan fingerprint density at radius 2 is 2.13 bits per heavy atom. The van der Waals surface area contributed by atoms with Gasteiger partial charge in [0.15, 0.2) is 0 Å². The van der Waals surface area contributed by atoms with Crippen molar-refractivity contribution in [2.24, 2.45) is 0 Å². The number of rotatable bonds is 7. The molecule has 2 rings (SSSR count). The van der Waals surface area contributed by atoms with E-state index in [1.54, 1.807) is 23.6 Å². The van der Waals surface area contributed by atoms with E-state index >= 15 is 0 Å². The lowest BCUT2D eigenvalue weighted by atomic mass is 10.2. The van der Waals surface area contributed by atoms with Gasteiger partial charge in [-0.15, -0.1) is 0 Å². The maximum Gasteiger partial charge on any atom is 0.220 e. The molecule has 0 spiro atoms. The number of hydrogen-bond donors (Lipinski definition) is 1.